The first-order valence-corrected chi connectivity index (χ1v) is 6.04. The summed E-state index contributed by atoms with van der Waals surface area (Å²) in [6.07, 6.45) is 0. The van der Waals surface area contributed by atoms with Crippen molar-refractivity contribution < 1.29 is 9.59 Å². The third-order valence-corrected chi connectivity index (χ3v) is 3.52. The van der Waals surface area contributed by atoms with Crippen LogP contribution < -0.4 is 11.5 Å². The van der Waals surface area contributed by atoms with Crippen molar-refractivity contribution in [2.24, 2.45) is 5.73 Å². The van der Waals surface area contributed by atoms with Gasteiger partial charge in [0.1, 0.15) is 0 Å². The number of anilines is 1. The average molecular weight is 310 g/mol. The fourth-order valence-electron chi connectivity index (χ4n) is 1.88. The Bertz CT molecular complexity index is 569. The molecule has 0 atom stereocenters. The van der Waals surface area contributed by atoms with Crippen molar-refractivity contribution in [1.29, 1.82) is 0 Å². The first-order valence-electron chi connectivity index (χ1n) is 5.25. The molecule has 18 heavy (non-hydrogen) atoms. The van der Waals surface area contributed by atoms with Crippen LogP contribution in [-0.2, 0) is 11.3 Å². The number of carbonyl (C=O) groups is 2. The highest BCUT2D eigenvalue weighted by Crippen LogP contribution is 2.31. The van der Waals surface area contributed by atoms with E-state index >= 15 is 0 Å². The number of amides is 2. The zero-order valence-corrected chi connectivity index (χ0v) is 11.2. The van der Waals surface area contributed by atoms with E-state index in [-0.39, 0.29) is 18.0 Å². The molecule has 4 N–H and O–H groups in total. The molecule has 0 fully saturated rings. The summed E-state index contributed by atoms with van der Waals surface area (Å²) in [5.41, 5.74) is 13.0. The van der Waals surface area contributed by atoms with Gasteiger partial charge < -0.3 is 16.4 Å². The molecule has 0 radical (unpaired) electrons. The standard InChI is InChI=1S/C12H12BrN3O2/c1-6(11(15)17)4-16-5-9-8(12(16)18)2-7(14)3-10(9)13/h2-3H,1,4-5,14H2,(H2,15,17). The van der Waals surface area contributed by atoms with Crippen LogP contribution in [0.5, 0.6) is 0 Å². The highest BCUT2D eigenvalue weighted by Gasteiger charge is 2.30. The van der Waals surface area contributed by atoms with Crippen LogP contribution in [0.1, 0.15) is 15.9 Å². The van der Waals surface area contributed by atoms with Crippen molar-refractivity contribution >= 4 is 33.4 Å². The van der Waals surface area contributed by atoms with E-state index in [1.54, 1.807) is 12.1 Å². The molecule has 2 rings (SSSR count). The summed E-state index contributed by atoms with van der Waals surface area (Å²) in [5.74, 6) is -0.766. The maximum Gasteiger partial charge on any atom is 0.254 e. The number of nitrogen functional groups attached to an aromatic ring is 1. The van der Waals surface area contributed by atoms with Gasteiger partial charge in [-0.05, 0) is 17.7 Å². The predicted molar refractivity (Wildman–Crippen MR) is 71.6 cm³/mol. The second-order valence-corrected chi connectivity index (χ2v) is 5.01. The Balaban J connectivity index is 2.28. The fourth-order valence-corrected chi connectivity index (χ4v) is 2.48. The molecule has 1 aliphatic heterocycles. The zero-order chi connectivity index (χ0) is 13.4. The van der Waals surface area contributed by atoms with Gasteiger partial charge in [0, 0.05) is 27.8 Å². The lowest BCUT2D eigenvalue weighted by molar-refractivity contribution is -0.114. The summed E-state index contributed by atoms with van der Waals surface area (Å²) in [6.45, 7) is 4.10. The van der Waals surface area contributed by atoms with E-state index < -0.39 is 5.91 Å². The molecule has 0 spiro atoms. The van der Waals surface area contributed by atoms with Gasteiger partial charge in [-0.2, -0.15) is 0 Å². The molecule has 0 unspecified atom stereocenters. The van der Waals surface area contributed by atoms with Crippen molar-refractivity contribution in [3.63, 3.8) is 0 Å². The van der Waals surface area contributed by atoms with Crippen LogP contribution in [0, 0.1) is 0 Å². The minimum Gasteiger partial charge on any atom is -0.399 e. The molecule has 1 aliphatic rings. The molecular formula is C12H12BrN3O2. The number of rotatable bonds is 3. The number of carbonyl (C=O) groups excluding carboxylic acids is 2. The SMILES string of the molecule is C=C(CN1Cc2c(Br)cc(N)cc2C1=O)C(N)=O. The second-order valence-electron chi connectivity index (χ2n) is 4.16. The maximum absolute atomic E-state index is 12.1. The highest BCUT2D eigenvalue weighted by atomic mass is 79.9. The zero-order valence-electron chi connectivity index (χ0n) is 9.57. The Kier molecular flexibility index (Phi) is 3.13. The summed E-state index contributed by atoms with van der Waals surface area (Å²) in [5, 5.41) is 0. The van der Waals surface area contributed by atoms with E-state index in [0.717, 1.165) is 10.0 Å². The predicted octanol–water partition coefficient (Wildman–Crippen LogP) is 1.03. The molecule has 1 aromatic carbocycles. The van der Waals surface area contributed by atoms with Gasteiger partial charge in [-0.25, -0.2) is 0 Å². The van der Waals surface area contributed by atoms with E-state index in [0.29, 0.717) is 17.8 Å². The first-order chi connectivity index (χ1) is 8.40. The van der Waals surface area contributed by atoms with Crippen molar-refractivity contribution in [1.82, 2.24) is 4.90 Å². The Morgan fingerprint density at radius 2 is 2.17 bits per heavy atom. The Morgan fingerprint density at radius 1 is 1.50 bits per heavy atom. The van der Waals surface area contributed by atoms with Gasteiger partial charge in [0.2, 0.25) is 5.91 Å². The number of hydrogen-bond donors (Lipinski definition) is 2. The van der Waals surface area contributed by atoms with Crippen molar-refractivity contribution in [3.8, 4) is 0 Å². The molecule has 0 saturated heterocycles. The third kappa shape index (κ3) is 2.11. The van der Waals surface area contributed by atoms with Crippen molar-refractivity contribution in [2.45, 2.75) is 6.54 Å². The van der Waals surface area contributed by atoms with Gasteiger partial charge in [-0.15, -0.1) is 0 Å². The Hall–Kier alpha value is -1.82. The Morgan fingerprint density at radius 3 is 2.78 bits per heavy atom. The summed E-state index contributed by atoms with van der Waals surface area (Å²) in [6, 6.07) is 3.38. The summed E-state index contributed by atoms with van der Waals surface area (Å²) in [4.78, 5) is 24.6. The molecular weight excluding hydrogens is 298 g/mol. The lowest BCUT2D eigenvalue weighted by Crippen LogP contribution is -2.30. The molecule has 0 bridgehead atoms. The molecule has 1 aromatic rings. The third-order valence-electron chi connectivity index (χ3n) is 2.81. The van der Waals surface area contributed by atoms with Crippen molar-refractivity contribution in [2.75, 3.05) is 12.3 Å². The Labute approximate surface area is 113 Å². The van der Waals surface area contributed by atoms with E-state index in [1.807, 2.05) is 0 Å². The van der Waals surface area contributed by atoms with Gasteiger partial charge in [0.25, 0.3) is 5.91 Å². The molecule has 6 heteroatoms. The van der Waals surface area contributed by atoms with Crippen LogP contribution in [0.2, 0.25) is 0 Å². The lowest BCUT2D eigenvalue weighted by Gasteiger charge is -2.15. The highest BCUT2D eigenvalue weighted by molar-refractivity contribution is 9.10. The van der Waals surface area contributed by atoms with Crippen LogP contribution in [0.25, 0.3) is 0 Å². The minimum atomic E-state index is -0.600. The number of hydrogen-bond acceptors (Lipinski definition) is 3. The smallest absolute Gasteiger partial charge is 0.254 e. The first kappa shape index (κ1) is 12.6. The number of nitrogens with zero attached hydrogens (tertiary/aromatic N) is 1. The number of nitrogens with two attached hydrogens (primary N) is 2. The second kappa shape index (κ2) is 4.45. The molecule has 0 aliphatic carbocycles. The molecule has 1 heterocycles. The van der Waals surface area contributed by atoms with Crippen LogP contribution in [0.3, 0.4) is 0 Å². The number of benzene rings is 1. The monoisotopic (exact) mass is 309 g/mol. The largest absolute Gasteiger partial charge is 0.399 e. The topological polar surface area (TPSA) is 89.4 Å². The number of fused-ring (bicyclic) bond motifs is 1. The molecule has 2 amide bonds. The molecule has 0 aromatic heterocycles. The number of primary amides is 1. The molecule has 94 valence electrons. The molecule has 0 saturated carbocycles. The van der Waals surface area contributed by atoms with E-state index in [4.69, 9.17) is 11.5 Å². The van der Waals surface area contributed by atoms with Crippen LogP contribution in [0.15, 0.2) is 28.8 Å². The fraction of sp³-hybridized carbons (Fsp3) is 0.167. The van der Waals surface area contributed by atoms with Crippen molar-refractivity contribution in [3.05, 3.63) is 39.9 Å². The average Bonchev–Trinajstić information content (AvgIpc) is 2.57. The van der Waals surface area contributed by atoms with Gasteiger partial charge in [0.05, 0.1) is 6.54 Å². The van der Waals surface area contributed by atoms with E-state index in [2.05, 4.69) is 22.5 Å². The van der Waals surface area contributed by atoms with Gasteiger partial charge in [-0.3, -0.25) is 9.59 Å². The van der Waals surface area contributed by atoms with Gasteiger partial charge >= 0.3 is 0 Å². The molecule has 5 nitrogen and oxygen atoms in total. The number of halogens is 1. The minimum absolute atomic E-state index is 0.134. The maximum atomic E-state index is 12.1. The summed E-state index contributed by atoms with van der Waals surface area (Å²) in [7, 11) is 0. The normalized spacial score (nSPS) is 13.6. The summed E-state index contributed by atoms with van der Waals surface area (Å²) >= 11 is 3.38. The van der Waals surface area contributed by atoms with Gasteiger partial charge in [-0.1, -0.05) is 22.5 Å². The van der Waals surface area contributed by atoms with Crippen LogP contribution in [-0.4, -0.2) is 23.3 Å². The lowest BCUT2D eigenvalue weighted by atomic mass is 10.1. The summed E-state index contributed by atoms with van der Waals surface area (Å²) < 4.78 is 0.790. The van der Waals surface area contributed by atoms with Gasteiger partial charge in [0.15, 0.2) is 0 Å². The quantitative estimate of drug-likeness (QED) is 0.645. The van der Waals surface area contributed by atoms with E-state index in [1.165, 1.54) is 4.90 Å². The van der Waals surface area contributed by atoms with Crippen LogP contribution >= 0.6 is 15.9 Å². The van der Waals surface area contributed by atoms with Crippen LogP contribution in [0.4, 0.5) is 5.69 Å². The van der Waals surface area contributed by atoms with E-state index in [9.17, 15) is 9.59 Å².